The minimum Gasteiger partial charge on any atom is -0.490 e. The zero-order valence-electron chi connectivity index (χ0n) is 22.5. The van der Waals surface area contributed by atoms with Crippen LogP contribution in [0.15, 0.2) is 40.9 Å². The SMILES string of the molecule is CC(C)c1noc(N2CCC([C@H](C)Oc3ccc4c(c3)nc3n4C[C@H](N)[C@@H](c4cc(F)ccc4F)C3)CC2)n1. The lowest BCUT2D eigenvalue weighted by atomic mass is 9.86. The van der Waals surface area contributed by atoms with Gasteiger partial charge in [0.1, 0.15) is 23.2 Å². The van der Waals surface area contributed by atoms with Crippen LogP contribution in [0.1, 0.15) is 62.7 Å². The zero-order chi connectivity index (χ0) is 27.3. The molecule has 8 nitrogen and oxygen atoms in total. The van der Waals surface area contributed by atoms with Gasteiger partial charge in [0, 0.05) is 50.0 Å². The van der Waals surface area contributed by atoms with Gasteiger partial charge in [-0.05, 0) is 61.6 Å². The molecule has 10 heteroatoms. The average Bonchev–Trinajstić information content (AvgIpc) is 3.55. The van der Waals surface area contributed by atoms with Crippen molar-refractivity contribution in [2.24, 2.45) is 11.7 Å². The van der Waals surface area contributed by atoms with Gasteiger partial charge in [0.05, 0.1) is 17.1 Å². The summed E-state index contributed by atoms with van der Waals surface area (Å²) in [7, 11) is 0. The number of benzene rings is 2. The van der Waals surface area contributed by atoms with E-state index in [1.807, 2.05) is 18.2 Å². The van der Waals surface area contributed by atoms with E-state index in [1.165, 1.54) is 6.07 Å². The summed E-state index contributed by atoms with van der Waals surface area (Å²) >= 11 is 0. The van der Waals surface area contributed by atoms with Crippen molar-refractivity contribution in [2.75, 3.05) is 18.0 Å². The van der Waals surface area contributed by atoms with Crippen LogP contribution in [0.5, 0.6) is 5.75 Å². The molecule has 2 aromatic carbocycles. The molecule has 0 saturated carbocycles. The highest BCUT2D eigenvalue weighted by molar-refractivity contribution is 5.78. The first-order valence-electron chi connectivity index (χ1n) is 13.7. The average molecular weight is 537 g/mol. The van der Waals surface area contributed by atoms with E-state index in [1.54, 1.807) is 0 Å². The minimum atomic E-state index is -0.464. The van der Waals surface area contributed by atoms with Gasteiger partial charge in [0.2, 0.25) is 0 Å². The van der Waals surface area contributed by atoms with Crippen LogP contribution in [0.4, 0.5) is 14.8 Å². The summed E-state index contributed by atoms with van der Waals surface area (Å²) in [6.07, 6.45) is 2.42. The Morgan fingerprint density at radius 1 is 1.05 bits per heavy atom. The first kappa shape index (κ1) is 25.7. The van der Waals surface area contributed by atoms with Crippen LogP contribution in [-0.4, -0.2) is 44.9 Å². The lowest BCUT2D eigenvalue weighted by Crippen LogP contribution is -2.39. The number of nitrogens with two attached hydrogens (primary N) is 1. The van der Waals surface area contributed by atoms with Crippen LogP contribution in [0.25, 0.3) is 11.0 Å². The smallest absolute Gasteiger partial charge is 0.324 e. The molecule has 0 amide bonds. The first-order valence-corrected chi connectivity index (χ1v) is 13.7. The number of ether oxygens (including phenoxy) is 1. The zero-order valence-corrected chi connectivity index (χ0v) is 22.5. The van der Waals surface area contributed by atoms with E-state index in [0.717, 1.165) is 66.5 Å². The normalized spacial score (nSPS) is 20.9. The number of fused-ring (bicyclic) bond motifs is 3. The number of hydrogen-bond donors (Lipinski definition) is 1. The summed E-state index contributed by atoms with van der Waals surface area (Å²) in [5.41, 5.74) is 8.54. The van der Waals surface area contributed by atoms with Gasteiger partial charge in [-0.25, -0.2) is 13.8 Å². The molecular weight excluding hydrogens is 502 g/mol. The Labute approximate surface area is 226 Å². The predicted molar refractivity (Wildman–Crippen MR) is 144 cm³/mol. The lowest BCUT2D eigenvalue weighted by molar-refractivity contribution is 0.132. The van der Waals surface area contributed by atoms with Gasteiger partial charge in [-0.15, -0.1) is 0 Å². The second-order valence-electron chi connectivity index (χ2n) is 11.2. The maximum atomic E-state index is 14.5. The van der Waals surface area contributed by atoms with E-state index in [9.17, 15) is 8.78 Å². The quantitative estimate of drug-likeness (QED) is 0.363. The molecule has 2 aromatic heterocycles. The second kappa shape index (κ2) is 10.2. The monoisotopic (exact) mass is 536 g/mol. The van der Waals surface area contributed by atoms with Crippen molar-refractivity contribution in [2.45, 2.75) is 70.6 Å². The number of imidazole rings is 1. The molecule has 0 bridgehead atoms. The van der Waals surface area contributed by atoms with Crippen molar-refractivity contribution < 1.29 is 18.0 Å². The fraction of sp³-hybridized carbons (Fsp3) is 0.483. The second-order valence-corrected chi connectivity index (χ2v) is 11.2. The van der Waals surface area contributed by atoms with Gasteiger partial charge in [0.15, 0.2) is 5.82 Å². The molecule has 2 aliphatic heterocycles. The van der Waals surface area contributed by atoms with Crippen molar-refractivity contribution in [1.29, 1.82) is 0 Å². The molecule has 1 saturated heterocycles. The summed E-state index contributed by atoms with van der Waals surface area (Å²) in [4.78, 5) is 11.5. The molecule has 0 aliphatic carbocycles. The molecule has 39 heavy (non-hydrogen) atoms. The van der Waals surface area contributed by atoms with Crippen molar-refractivity contribution in [3.05, 3.63) is 65.2 Å². The van der Waals surface area contributed by atoms with Gasteiger partial charge >= 0.3 is 6.01 Å². The molecule has 4 aromatic rings. The Kier molecular flexibility index (Phi) is 6.74. The van der Waals surface area contributed by atoms with Crippen LogP contribution in [0.2, 0.25) is 0 Å². The van der Waals surface area contributed by atoms with Crippen LogP contribution >= 0.6 is 0 Å². The van der Waals surface area contributed by atoms with Gasteiger partial charge < -0.3 is 24.5 Å². The van der Waals surface area contributed by atoms with Gasteiger partial charge in [-0.3, -0.25) is 0 Å². The van der Waals surface area contributed by atoms with E-state index >= 15 is 0 Å². The maximum Gasteiger partial charge on any atom is 0.324 e. The number of nitrogens with zero attached hydrogens (tertiary/aromatic N) is 5. The topological polar surface area (TPSA) is 95.2 Å². The molecule has 0 unspecified atom stereocenters. The molecule has 1 fully saturated rings. The molecule has 3 atom stereocenters. The number of aromatic nitrogens is 4. The number of anilines is 1. The lowest BCUT2D eigenvalue weighted by Gasteiger charge is -2.33. The summed E-state index contributed by atoms with van der Waals surface area (Å²) in [6, 6.07) is 9.73. The van der Waals surface area contributed by atoms with Crippen LogP contribution in [0, 0.1) is 17.6 Å². The van der Waals surface area contributed by atoms with Crippen LogP contribution < -0.4 is 15.4 Å². The number of rotatable bonds is 6. The summed E-state index contributed by atoms with van der Waals surface area (Å²) in [5.74, 6) is 1.72. The van der Waals surface area contributed by atoms with E-state index in [4.69, 9.17) is 20.0 Å². The third-order valence-corrected chi connectivity index (χ3v) is 8.21. The third-order valence-electron chi connectivity index (χ3n) is 8.21. The highest BCUT2D eigenvalue weighted by atomic mass is 19.1. The first-order chi connectivity index (χ1) is 18.8. The molecule has 206 valence electrons. The number of hydrogen-bond acceptors (Lipinski definition) is 7. The van der Waals surface area contributed by atoms with E-state index < -0.39 is 11.6 Å². The van der Waals surface area contributed by atoms with Crippen molar-refractivity contribution in [3.8, 4) is 5.75 Å². The molecule has 2 N–H and O–H groups in total. The Hall–Kier alpha value is -3.53. The van der Waals surface area contributed by atoms with Crippen molar-refractivity contribution >= 4 is 17.0 Å². The third kappa shape index (κ3) is 4.97. The standard InChI is InChI=1S/C29H34F2N6O2/c1-16(2)28-34-29(39-35-28)36-10-8-18(9-11-36)17(3)38-20-5-7-26-25(13-20)33-27-14-22(24(32)15-37(26)27)21-12-19(30)4-6-23(21)31/h4-7,12-13,16-18,22,24H,8-11,14-15,32H2,1-3H3/t17-,22+,24-/m0/s1. The molecule has 6 rings (SSSR count). The maximum absolute atomic E-state index is 14.5. The summed E-state index contributed by atoms with van der Waals surface area (Å²) in [5, 5.41) is 4.08. The highest BCUT2D eigenvalue weighted by Crippen LogP contribution is 2.34. The Morgan fingerprint density at radius 2 is 1.85 bits per heavy atom. The van der Waals surface area contributed by atoms with Crippen molar-refractivity contribution in [3.63, 3.8) is 0 Å². The summed E-state index contributed by atoms with van der Waals surface area (Å²) < 4.78 is 42.3. The Morgan fingerprint density at radius 3 is 2.59 bits per heavy atom. The molecular formula is C29H34F2N6O2. The minimum absolute atomic E-state index is 0.0319. The summed E-state index contributed by atoms with van der Waals surface area (Å²) in [6.45, 7) is 8.39. The van der Waals surface area contributed by atoms with Gasteiger partial charge in [-0.2, -0.15) is 4.98 Å². The predicted octanol–water partition coefficient (Wildman–Crippen LogP) is 5.17. The molecule has 2 aliphatic rings. The van der Waals surface area contributed by atoms with E-state index in [-0.39, 0.29) is 24.0 Å². The molecule has 4 heterocycles. The van der Waals surface area contributed by atoms with Gasteiger partial charge in [0.25, 0.3) is 0 Å². The Bertz CT molecular complexity index is 1480. The van der Waals surface area contributed by atoms with E-state index in [0.29, 0.717) is 30.5 Å². The largest absolute Gasteiger partial charge is 0.490 e. The molecule has 0 radical (unpaired) electrons. The van der Waals surface area contributed by atoms with Gasteiger partial charge in [-0.1, -0.05) is 19.0 Å². The number of halogens is 2. The van der Waals surface area contributed by atoms with Crippen LogP contribution in [0.3, 0.4) is 0 Å². The fourth-order valence-corrected chi connectivity index (χ4v) is 5.88. The number of piperidine rings is 1. The fourth-order valence-electron chi connectivity index (χ4n) is 5.88. The van der Waals surface area contributed by atoms with E-state index in [2.05, 4.69) is 40.4 Å². The molecule has 0 spiro atoms. The highest BCUT2D eigenvalue weighted by Gasteiger charge is 2.32. The van der Waals surface area contributed by atoms with Crippen LogP contribution in [-0.2, 0) is 13.0 Å². The Balaban J connectivity index is 1.13. The van der Waals surface area contributed by atoms with Crippen molar-refractivity contribution in [1.82, 2.24) is 19.7 Å².